The molecule has 192 valence electrons. The highest BCUT2D eigenvalue weighted by atomic mass is 32.2. The SMILES string of the molecule is CC.CCCCCCC.Cc1ccc2nc(C)c(C(=O)NCc3ccc(S(C)(=O)=O)cc3)cc2c1. The van der Waals surface area contributed by atoms with Gasteiger partial charge in [-0.3, -0.25) is 9.78 Å². The zero-order valence-electron chi connectivity index (χ0n) is 22.4. The highest BCUT2D eigenvalue weighted by molar-refractivity contribution is 7.90. The maximum Gasteiger partial charge on any atom is 0.253 e. The molecule has 0 atom stereocenters. The third kappa shape index (κ3) is 10.2. The van der Waals surface area contributed by atoms with Crippen LogP contribution in [-0.4, -0.2) is 25.6 Å². The second-order valence-corrected chi connectivity index (χ2v) is 10.5. The first-order valence-electron chi connectivity index (χ1n) is 12.6. The molecule has 0 saturated heterocycles. The molecule has 0 aliphatic heterocycles. The first-order valence-corrected chi connectivity index (χ1v) is 14.5. The van der Waals surface area contributed by atoms with Crippen LogP contribution in [0.5, 0.6) is 0 Å². The van der Waals surface area contributed by atoms with Crippen LogP contribution in [-0.2, 0) is 16.4 Å². The van der Waals surface area contributed by atoms with Crippen LogP contribution in [0.2, 0.25) is 0 Å². The Labute approximate surface area is 212 Å². The van der Waals surface area contributed by atoms with E-state index in [1.54, 1.807) is 24.3 Å². The molecule has 1 heterocycles. The number of hydrogen-bond donors (Lipinski definition) is 1. The van der Waals surface area contributed by atoms with Crippen LogP contribution < -0.4 is 5.32 Å². The molecule has 3 rings (SSSR count). The fourth-order valence-electron chi connectivity index (χ4n) is 3.43. The number of sulfone groups is 1. The summed E-state index contributed by atoms with van der Waals surface area (Å²) in [6, 6.07) is 14.3. The van der Waals surface area contributed by atoms with Crippen molar-refractivity contribution in [3.63, 3.8) is 0 Å². The minimum absolute atomic E-state index is 0.203. The minimum Gasteiger partial charge on any atom is -0.348 e. The van der Waals surface area contributed by atoms with E-state index in [2.05, 4.69) is 24.1 Å². The molecule has 0 fully saturated rings. The molecular formula is C29H42N2O3S. The Balaban J connectivity index is 0.000000587. The van der Waals surface area contributed by atoms with Gasteiger partial charge in [0.1, 0.15) is 0 Å². The number of nitrogens with one attached hydrogen (secondary N) is 1. The predicted molar refractivity (Wildman–Crippen MR) is 148 cm³/mol. The summed E-state index contributed by atoms with van der Waals surface area (Å²) in [5, 5.41) is 3.79. The van der Waals surface area contributed by atoms with Crippen molar-refractivity contribution in [2.45, 2.75) is 85.1 Å². The lowest BCUT2D eigenvalue weighted by Gasteiger charge is -2.10. The van der Waals surface area contributed by atoms with Crippen molar-refractivity contribution >= 4 is 26.6 Å². The number of benzene rings is 2. The maximum atomic E-state index is 12.5. The zero-order valence-corrected chi connectivity index (χ0v) is 23.3. The van der Waals surface area contributed by atoms with Crippen molar-refractivity contribution in [2.24, 2.45) is 0 Å². The first-order chi connectivity index (χ1) is 16.7. The van der Waals surface area contributed by atoms with Gasteiger partial charge in [-0.2, -0.15) is 0 Å². The van der Waals surface area contributed by atoms with E-state index in [1.807, 2.05) is 52.0 Å². The molecule has 0 aliphatic rings. The molecule has 35 heavy (non-hydrogen) atoms. The summed E-state index contributed by atoms with van der Waals surface area (Å²) < 4.78 is 23.0. The first kappa shape index (κ1) is 30.3. The van der Waals surface area contributed by atoms with Crippen LogP contribution in [0.3, 0.4) is 0 Å². The molecule has 1 N–H and O–H groups in total. The van der Waals surface area contributed by atoms with Gasteiger partial charge in [-0.1, -0.05) is 83.6 Å². The fourth-order valence-corrected chi connectivity index (χ4v) is 4.06. The Hall–Kier alpha value is -2.73. The third-order valence-electron chi connectivity index (χ3n) is 5.42. The van der Waals surface area contributed by atoms with Crippen LogP contribution in [0.1, 0.15) is 87.0 Å². The van der Waals surface area contributed by atoms with E-state index < -0.39 is 9.84 Å². The molecule has 0 unspecified atom stereocenters. The standard InChI is InChI=1S/C20H20N2O3S.C7H16.C2H6/c1-13-4-9-19-16(10-13)11-18(14(2)22-19)20(23)21-12-15-5-7-17(8-6-15)26(3,24)25;1-3-5-7-6-4-2;1-2/h4-11H,12H2,1-3H3,(H,21,23);3-7H2,1-2H3;1-2H3. The molecule has 0 radical (unpaired) electrons. The molecule has 1 aromatic heterocycles. The molecule has 0 aliphatic carbocycles. The van der Waals surface area contributed by atoms with Gasteiger partial charge in [0.25, 0.3) is 5.91 Å². The summed E-state index contributed by atoms with van der Waals surface area (Å²) >= 11 is 0. The highest BCUT2D eigenvalue weighted by Crippen LogP contribution is 2.18. The molecule has 1 amide bonds. The molecule has 3 aromatic rings. The second-order valence-electron chi connectivity index (χ2n) is 8.48. The molecule has 2 aromatic carbocycles. The molecule has 6 heteroatoms. The van der Waals surface area contributed by atoms with Gasteiger partial charge in [0.05, 0.1) is 21.7 Å². The Morgan fingerprint density at radius 2 is 1.49 bits per heavy atom. The minimum atomic E-state index is -3.22. The lowest BCUT2D eigenvalue weighted by molar-refractivity contribution is 0.0950. The van der Waals surface area contributed by atoms with Gasteiger partial charge in [0, 0.05) is 18.2 Å². The van der Waals surface area contributed by atoms with E-state index in [0.717, 1.165) is 22.0 Å². The fraction of sp³-hybridized carbons (Fsp3) is 0.448. The second kappa shape index (κ2) is 15.3. The Morgan fingerprint density at radius 1 is 0.886 bits per heavy atom. The largest absolute Gasteiger partial charge is 0.348 e. The number of fused-ring (bicyclic) bond motifs is 1. The van der Waals surface area contributed by atoms with Crippen molar-refractivity contribution < 1.29 is 13.2 Å². The molecule has 0 saturated carbocycles. The zero-order chi connectivity index (χ0) is 26.4. The number of nitrogens with zero attached hydrogens (tertiary/aromatic N) is 1. The van der Waals surface area contributed by atoms with E-state index in [9.17, 15) is 13.2 Å². The van der Waals surface area contributed by atoms with Crippen LogP contribution in [0, 0.1) is 13.8 Å². The van der Waals surface area contributed by atoms with Gasteiger partial charge < -0.3 is 5.32 Å². The molecule has 0 bridgehead atoms. The monoisotopic (exact) mass is 498 g/mol. The number of rotatable bonds is 8. The Morgan fingerprint density at radius 3 is 2.03 bits per heavy atom. The average molecular weight is 499 g/mol. The van der Waals surface area contributed by atoms with Crippen molar-refractivity contribution in [2.75, 3.05) is 6.26 Å². The number of unbranched alkanes of at least 4 members (excludes halogenated alkanes) is 4. The summed E-state index contributed by atoms with van der Waals surface area (Å²) in [5.41, 5.74) is 4.01. The van der Waals surface area contributed by atoms with E-state index in [-0.39, 0.29) is 10.8 Å². The van der Waals surface area contributed by atoms with E-state index in [4.69, 9.17) is 0 Å². The summed E-state index contributed by atoms with van der Waals surface area (Å²) in [4.78, 5) is 17.3. The molecule has 0 spiro atoms. The molecular weight excluding hydrogens is 456 g/mol. The van der Waals surface area contributed by atoms with Gasteiger partial charge >= 0.3 is 0 Å². The summed E-state index contributed by atoms with van der Waals surface area (Å²) in [5.74, 6) is -0.203. The molecule has 5 nitrogen and oxygen atoms in total. The lowest BCUT2D eigenvalue weighted by Crippen LogP contribution is -2.24. The third-order valence-corrected chi connectivity index (χ3v) is 6.55. The van der Waals surface area contributed by atoms with Crippen LogP contribution in [0.25, 0.3) is 10.9 Å². The summed E-state index contributed by atoms with van der Waals surface area (Å²) in [6.07, 6.45) is 8.18. The highest BCUT2D eigenvalue weighted by Gasteiger charge is 2.12. The number of carbonyl (C=O) groups excluding carboxylic acids is 1. The van der Waals surface area contributed by atoms with Crippen molar-refractivity contribution in [3.05, 3.63) is 70.9 Å². The lowest BCUT2D eigenvalue weighted by atomic mass is 10.1. The summed E-state index contributed by atoms with van der Waals surface area (Å²) in [6.45, 7) is 12.6. The predicted octanol–water partition coefficient (Wildman–Crippen LogP) is 7.19. The van der Waals surface area contributed by atoms with E-state index >= 15 is 0 Å². The van der Waals surface area contributed by atoms with Crippen molar-refractivity contribution in [1.82, 2.24) is 10.3 Å². The normalized spacial score (nSPS) is 10.6. The van der Waals surface area contributed by atoms with Crippen LogP contribution in [0.4, 0.5) is 0 Å². The average Bonchev–Trinajstić information content (AvgIpc) is 2.84. The topological polar surface area (TPSA) is 76.1 Å². The number of carbonyl (C=O) groups is 1. The van der Waals surface area contributed by atoms with Gasteiger partial charge in [0.15, 0.2) is 9.84 Å². The van der Waals surface area contributed by atoms with Gasteiger partial charge in [-0.25, -0.2) is 8.42 Å². The smallest absolute Gasteiger partial charge is 0.253 e. The Bertz CT molecular complexity index is 1170. The van der Waals surface area contributed by atoms with Gasteiger partial charge in [-0.15, -0.1) is 0 Å². The van der Waals surface area contributed by atoms with E-state index in [1.165, 1.54) is 38.4 Å². The number of pyridine rings is 1. The number of aryl methyl sites for hydroxylation is 2. The van der Waals surface area contributed by atoms with E-state index in [0.29, 0.717) is 17.8 Å². The maximum absolute atomic E-state index is 12.5. The van der Waals surface area contributed by atoms with Crippen molar-refractivity contribution in [3.8, 4) is 0 Å². The van der Waals surface area contributed by atoms with Gasteiger partial charge in [-0.05, 0) is 49.7 Å². The number of amides is 1. The quantitative estimate of drug-likeness (QED) is 0.334. The number of hydrogen-bond acceptors (Lipinski definition) is 4. The van der Waals surface area contributed by atoms with Gasteiger partial charge in [0.2, 0.25) is 0 Å². The Kier molecular flexibility index (Phi) is 13.2. The van der Waals surface area contributed by atoms with Crippen LogP contribution >= 0.6 is 0 Å². The summed E-state index contributed by atoms with van der Waals surface area (Å²) in [7, 11) is -3.22. The van der Waals surface area contributed by atoms with Crippen molar-refractivity contribution in [1.29, 1.82) is 0 Å². The number of aromatic nitrogens is 1. The van der Waals surface area contributed by atoms with Crippen LogP contribution in [0.15, 0.2) is 53.4 Å².